The molecule has 5 nitrogen and oxygen atoms in total. The van der Waals surface area contributed by atoms with Gasteiger partial charge in [0.05, 0.1) is 15.1 Å². The highest BCUT2D eigenvalue weighted by Crippen LogP contribution is 2.47. The van der Waals surface area contributed by atoms with E-state index in [2.05, 4.69) is 10.3 Å². The van der Waals surface area contributed by atoms with Crippen molar-refractivity contribution in [2.75, 3.05) is 11.1 Å². The topological polar surface area (TPSA) is 62.3 Å². The Hall–Kier alpha value is -1.60. The molecule has 2 aromatic rings. The van der Waals surface area contributed by atoms with Crippen LogP contribution in [0.15, 0.2) is 24.3 Å². The van der Waals surface area contributed by atoms with E-state index in [1.54, 1.807) is 16.7 Å². The molecule has 0 bridgehead atoms. The van der Waals surface area contributed by atoms with Crippen LogP contribution in [0.5, 0.6) is 0 Å². The van der Waals surface area contributed by atoms with Crippen molar-refractivity contribution in [1.82, 2.24) is 9.88 Å². The van der Waals surface area contributed by atoms with E-state index in [9.17, 15) is 9.59 Å². The maximum atomic E-state index is 12.6. The Morgan fingerprint density at radius 3 is 3.09 bits per heavy atom. The molecule has 2 aliphatic rings. The van der Waals surface area contributed by atoms with Crippen molar-refractivity contribution in [3.63, 3.8) is 0 Å². The van der Waals surface area contributed by atoms with Gasteiger partial charge in [-0.15, -0.1) is 11.8 Å². The van der Waals surface area contributed by atoms with E-state index in [1.165, 1.54) is 11.3 Å². The molecule has 0 aliphatic carbocycles. The summed E-state index contributed by atoms with van der Waals surface area (Å²) >= 11 is 3.15. The lowest BCUT2D eigenvalue weighted by Gasteiger charge is -2.29. The molecule has 3 heterocycles. The smallest absolute Gasteiger partial charge is 0.249 e. The summed E-state index contributed by atoms with van der Waals surface area (Å²) in [6.07, 6.45) is 1.36. The number of thiazole rings is 1. The molecule has 0 radical (unpaired) electrons. The minimum absolute atomic E-state index is 0.0805. The van der Waals surface area contributed by atoms with Crippen LogP contribution in [0.25, 0.3) is 10.2 Å². The molecular weight excluding hydrogens is 318 g/mol. The number of benzene rings is 1. The van der Waals surface area contributed by atoms with Gasteiger partial charge in [0.15, 0.2) is 5.13 Å². The van der Waals surface area contributed by atoms with Gasteiger partial charge < -0.3 is 10.2 Å². The third kappa shape index (κ3) is 2.11. The highest BCUT2D eigenvalue weighted by molar-refractivity contribution is 8.01. The second-order valence-electron chi connectivity index (χ2n) is 5.74. The number of nitrogens with one attached hydrogen (secondary N) is 1. The Labute approximate surface area is 136 Å². The monoisotopic (exact) mass is 333 g/mol. The highest BCUT2D eigenvalue weighted by atomic mass is 32.2. The molecule has 1 aromatic heterocycles. The zero-order chi connectivity index (χ0) is 15.3. The van der Waals surface area contributed by atoms with Crippen LogP contribution in [-0.4, -0.2) is 38.4 Å². The first-order valence-electron chi connectivity index (χ1n) is 7.19. The number of amides is 2. The van der Waals surface area contributed by atoms with Gasteiger partial charge in [0, 0.05) is 12.2 Å². The Morgan fingerprint density at radius 2 is 2.27 bits per heavy atom. The van der Waals surface area contributed by atoms with Crippen LogP contribution in [0, 0.1) is 0 Å². The van der Waals surface area contributed by atoms with Crippen LogP contribution in [0.2, 0.25) is 0 Å². The van der Waals surface area contributed by atoms with Crippen LogP contribution in [0.1, 0.15) is 19.8 Å². The minimum atomic E-state index is -0.392. The van der Waals surface area contributed by atoms with Gasteiger partial charge in [-0.2, -0.15) is 0 Å². The van der Waals surface area contributed by atoms with Crippen LogP contribution >= 0.6 is 23.1 Å². The Morgan fingerprint density at radius 1 is 1.45 bits per heavy atom. The lowest BCUT2D eigenvalue weighted by molar-refractivity contribution is -0.135. The standard InChI is InChI=1S/C15H15N3O2S2/c1-15-7-6-12(19)18(15)10(8-21-15)13(20)17-14-16-9-4-2-3-5-11(9)22-14/h2-5,10H,6-8H2,1H3,(H,16,17,20)/t10-,15-/m1/s1. The number of para-hydroxylation sites is 1. The largest absolute Gasteiger partial charge is 0.315 e. The highest BCUT2D eigenvalue weighted by Gasteiger charge is 2.52. The predicted molar refractivity (Wildman–Crippen MR) is 89.0 cm³/mol. The van der Waals surface area contributed by atoms with Crippen molar-refractivity contribution in [2.24, 2.45) is 0 Å². The Kier molecular flexibility index (Phi) is 3.16. The molecule has 2 fully saturated rings. The van der Waals surface area contributed by atoms with Gasteiger partial charge in [-0.1, -0.05) is 23.5 Å². The van der Waals surface area contributed by atoms with E-state index in [0.29, 0.717) is 17.3 Å². The molecule has 0 spiro atoms. The lowest BCUT2D eigenvalue weighted by atomic mass is 10.2. The Bertz CT molecular complexity index is 742. The van der Waals surface area contributed by atoms with Gasteiger partial charge >= 0.3 is 0 Å². The summed E-state index contributed by atoms with van der Waals surface area (Å²) in [6.45, 7) is 2.05. The summed E-state index contributed by atoms with van der Waals surface area (Å²) in [5.74, 6) is 0.598. The van der Waals surface area contributed by atoms with Crippen molar-refractivity contribution in [2.45, 2.75) is 30.7 Å². The number of fused-ring (bicyclic) bond motifs is 2. The zero-order valence-corrected chi connectivity index (χ0v) is 13.7. The maximum absolute atomic E-state index is 12.6. The first-order valence-corrected chi connectivity index (χ1v) is 9.00. The summed E-state index contributed by atoms with van der Waals surface area (Å²) in [4.78, 5) is 30.6. The average molecular weight is 333 g/mol. The SMILES string of the molecule is C[C@@]12CCC(=O)N1[C@@H](C(=O)Nc1nc3ccccc3s1)CS2. The second-order valence-corrected chi connectivity index (χ2v) is 8.27. The van der Waals surface area contributed by atoms with Crippen LogP contribution in [-0.2, 0) is 9.59 Å². The van der Waals surface area contributed by atoms with Crippen LogP contribution < -0.4 is 5.32 Å². The number of rotatable bonds is 2. The van der Waals surface area contributed by atoms with Gasteiger partial charge in [0.1, 0.15) is 6.04 Å². The predicted octanol–water partition coefficient (Wildman–Crippen LogP) is 2.69. The first-order chi connectivity index (χ1) is 10.6. The van der Waals surface area contributed by atoms with Crippen molar-refractivity contribution in [3.8, 4) is 0 Å². The molecule has 1 aromatic carbocycles. The van der Waals surface area contributed by atoms with E-state index >= 15 is 0 Å². The lowest BCUT2D eigenvalue weighted by Crippen LogP contribution is -2.48. The molecule has 0 unspecified atom stereocenters. The number of nitrogens with zero attached hydrogens (tertiary/aromatic N) is 2. The van der Waals surface area contributed by atoms with Gasteiger partial charge in [-0.3, -0.25) is 9.59 Å². The van der Waals surface area contributed by atoms with E-state index < -0.39 is 6.04 Å². The summed E-state index contributed by atoms with van der Waals surface area (Å²) < 4.78 is 1.04. The molecule has 2 amide bonds. The molecule has 114 valence electrons. The van der Waals surface area contributed by atoms with Crippen LogP contribution in [0.4, 0.5) is 5.13 Å². The van der Waals surface area contributed by atoms with E-state index in [4.69, 9.17) is 0 Å². The number of thioether (sulfide) groups is 1. The van der Waals surface area contributed by atoms with Crippen LogP contribution in [0.3, 0.4) is 0 Å². The molecule has 2 saturated heterocycles. The number of hydrogen-bond donors (Lipinski definition) is 1. The summed E-state index contributed by atoms with van der Waals surface area (Å²) in [7, 11) is 0. The van der Waals surface area contributed by atoms with Crippen molar-refractivity contribution in [1.29, 1.82) is 0 Å². The molecule has 0 saturated carbocycles. The Balaban J connectivity index is 1.56. The number of carbonyl (C=O) groups is 2. The maximum Gasteiger partial charge on any atom is 0.249 e. The molecule has 2 atom stereocenters. The zero-order valence-electron chi connectivity index (χ0n) is 12.0. The van der Waals surface area contributed by atoms with Crippen molar-refractivity contribution < 1.29 is 9.59 Å². The average Bonchev–Trinajstić information content (AvgIpc) is 3.12. The molecule has 7 heteroatoms. The molecule has 1 N–H and O–H groups in total. The fourth-order valence-corrected chi connectivity index (χ4v) is 5.43. The van der Waals surface area contributed by atoms with Gasteiger partial charge in [-0.25, -0.2) is 4.98 Å². The molecule has 4 rings (SSSR count). The fourth-order valence-electron chi connectivity index (χ4n) is 3.13. The third-order valence-electron chi connectivity index (χ3n) is 4.27. The first kappa shape index (κ1) is 14.0. The summed E-state index contributed by atoms with van der Waals surface area (Å²) in [6, 6.07) is 7.39. The summed E-state index contributed by atoms with van der Waals surface area (Å²) in [5.41, 5.74) is 0.880. The molecular formula is C15H15N3O2S2. The van der Waals surface area contributed by atoms with E-state index in [1.807, 2.05) is 31.2 Å². The third-order valence-corrected chi connectivity index (χ3v) is 6.73. The van der Waals surface area contributed by atoms with Gasteiger partial charge in [-0.05, 0) is 25.5 Å². The molecule has 2 aliphatic heterocycles. The van der Waals surface area contributed by atoms with Gasteiger partial charge in [0.25, 0.3) is 0 Å². The molecule has 22 heavy (non-hydrogen) atoms. The van der Waals surface area contributed by atoms with E-state index in [0.717, 1.165) is 16.6 Å². The van der Waals surface area contributed by atoms with Crippen molar-refractivity contribution in [3.05, 3.63) is 24.3 Å². The summed E-state index contributed by atoms with van der Waals surface area (Å²) in [5, 5.41) is 3.48. The minimum Gasteiger partial charge on any atom is -0.315 e. The fraction of sp³-hybridized carbons (Fsp3) is 0.400. The van der Waals surface area contributed by atoms with Gasteiger partial charge in [0.2, 0.25) is 11.8 Å². The number of anilines is 1. The quantitative estimate of drug-likeness (QED) is 0.918. The number of carbonyl (C=O) groups excluding carboxylic acids is 2. The number of aromatic nitrogens is 1. The number of hydrogen-bond acceptors (Lipinski definition) is 5. The normalized spacial score (nSPS) is 27.4. The van der Waals surface area contributed by atoms with Crippen molar-refractivity contribution >= 4 is 50.3 Å². The van der Waals surface area contributed by atoms with E-state index in [-0.39, 0.29) is 16.7 Å². The second kappa shape index (κ2) is 4.96.